The number of aryl methyl sites for hydroxylation is 1. The minimum atomic E-state index is -1.09. The number of carboxylic acids is 1. The van der Waals surface area contributed by atoms with Crippen molar-refractivity contribution in [3.8, 4) is 0 Å². The summed E-state index contributed by atoms with van der Waals surface area (Å²) in [5.74, 6) is -1.87. The van der Waals surface area contributed by atoms with Crippen LogP contribution in [0.25, 0.3) is 0 Å². The van der Waals surface area contributed by atoms with E-state index < -0.39 is 17.9 Å². The summed E-state index contributed by atoms with van der Waals surface area (Å²) >= 11 is 0. The maximum absolute atomic E-state index is 12.8. The smallest absolute Gasteiger partial charge is 0.326 e. The molecule has 0 aliphatic carbocycles. The van der Waals surface area contributed by atoms with Crippen LogP contribution in [0, 0.1) is 12.7 Å². The number of hydrogen-bond acceptors (Lipinski definition) is 2. The van der Waals surface area contributed by atoms with E-state index in [1.807, 2.05) is 31.2 Å². The van der Waals surface area contributed by atoms with Gasteiger partial charge in [0, 0.05) is 6.42 Å². The number of benzene rings is 2. The number of nitrogens with one attached hydrogen (secondary N) is 1. The van der Waals surface area contributed by atoms with Crippen LogP contribution in [0.5, 0.6) is 0 Å². The standard InChI is InChI=1S/C18H18FNO3/c1-12-2-4-13(5-3-12)10-16(18(22)23)20-17(21)11-14-6-8-15(19)9-7-14/h2-9,16H,10-11H2,1H3,(H,20,21)(H,22,23)/t16-/m0/s1. The van der Waals surface area contributed by atoms with E-state index in [0.29, 0.717) is 5.56 Å². The first-order valence-corrected chi connectivity index (χ1v) is 7.26. The van der Waals surface area contributed by atoms with Gasteiger partial charge in [-0.15, -0.1) is 0 Å². The summed E-state index contributed by atoms with van der Waals surface area (Å²) in [6.45, 7) is 1.95. The van der Waals surface area contributed by atoms with E-state index in [1.165, 1.54) is 24.3 Å². The Morgan fingerprint density at radius 2 is 1.61 bits per heavy atom. The molecule has 1 amide bonds. The van der Waals surface area contributed by atoms with E-state index in [4.69, 9.17) is 0 Å². The fourth-order valence-corrected chi connectivity index (χ4v) is 2.19. The maximum Gasteiger partial charge on any atom is 0.326 e. The van der Waals surface area contributed by atoms with Gasteiger partial charge in [0.25, 0.3) is 0 Å². The molecule has 0 fully saturated rings. The molecule has 2 rings (SSSR count). The summed E-state index contributed by atoms with van der Waals surface area (Å²) in [6.07, 6.45) is 0.225. The Morgan fingerprint density at radius 1 is 1.04 bits per heavy atom. The normalized spacial score (nSPS) is 11.7. The van der Waals surface area contributed by atoms with Crippen LogP contribution in [0.1, 0.15) is 16.7 Å². The van der Waals surface area contributed by atoms with Crippen LogP contribution in [0.2, 0.25) is 0 Å². The van der Waals surface area contributed by atoms with Crippen LogP contribution in [0.15, 0.2) is 48.5 Å². The quantitative estimate of drug-likeness (QED) is 0.860. The average molecular weight is 315 g/mol. The first-order valence-electron chi connectivity index (χ1n) is 7.26. The molecule has 0 radical (unpaired) electrons. The zero-order valence-electron chi connectivity index (χ0n) is 12.8. The minimum absolute atomic E-state index is 0.0119. The maximum atomic E-state index is 12.8. The van der Waals surface area contributed by atoms with Gasteiger partial charge < -0.3 is 10.4 Å². The highest BCUT2D eigenvalue weighted by Crippen LogP contribution is 2.08. The number of hydrogen-bond donors (Lipinski definition) is 2. The van der Waals surface area contributed by atoms with Gasteiger partial charge in [-0.3, -0.25) is 4.79 Å². The second-order valence-corrected chi connectivity index (χ2v) is 5.45. The molecule has 4 nitrogen and oxygen atoms in total. The summed E-state index contributed by atoms with van der Waals surface area (Å²) in [4.78, 5) is 23.3. The Bertz CT molecular complexity index is 680. The summed E-state index contributed by atoms with van der Waals surface area (Å²) in [5, 5.41) is 11.8. The highest BCUT2D eigenvalue weighted by atomic mass is 19.1. The van der Waals surface area contributed by atoms with Gasteiger partial charge in [0.2, 0.25) is 5.91 Å². The van der Waals surface area contributed by atoms with Crippen LogP contribution in [0.4, 0.5) is 4.39 Å². The zero-order chi connectivity index (χ0) is 16.8. The molecule has 1 atom stereocenters. The number of rotatable bonds is 6. The Hall–Kier alpha value is -2.69. The van der Waals surface area contributed by atoms with E-state index in [-0.39, 0.29) is 18.7 Å². The molecule has 0 aliphatic rings. The number of carbonyl (C=O) groups is 2. The molecule has 0 heterocycles. The van der Waals surface area contributed by atoms with Crippen molar-refractivity contribution in [3.05, 3.63) is 71.0 Å². The molecule has 5 heteroatoms. The molecule has 120 valence electrons. The highest BCUT2D eigenvalue weighted by Gasteiger charge is 2.20. The molecule has 2 N–H and O–H groups in total. The Kier molecular flexibility index (Phi) is 5.46. The number of amides is 1. The van der Waals surface area contributed by atoms with Crippen molar-refractivity contribution in [3.63, 3.8) is 0 Å². The highest BCUT2D eigenvalue weighted by molar-refractivity contribution is 5.85. The summed E-state index contributed by atoms with van der Waals surface area (Å²) in [5.41, 5.74) is 2.55. The first-order chi connectivity index (χ1) is 10.9. The van der Waals surface area contributed by atoms with Crippen LogP contribution in [-0.2, 0) is 22.4 Å². The molecule has 0 saturated carbocycles. The average Bonchev–Trinajstić information content (AvgIpc) is 2.51. The predicted octanol–water partition coefficient (Wildman–Crippen LogP) is 2.49. The van der Waals surface area contributed by atoms with Crippen molar-refractivity contribution < 1.29 is 19.1 Å². The van der Waals surface area contributed by atoms with Gasteiger partial charge in [-0.2, -0.15) is 0 Å². The largest absolute Gasteiger partial charge is 0.480 e. The zero-order valence-corrected chi connectivity index (χ0v) is 12.8. The fourth-order valence-electron chi connectivity index (χ4n) is 2.19. The molecule has 2 aromatic carbocycles. The molecule has 0 bridgehead atoms. The van der Waals surface area contributed by atoms with Crippen LogP contribution in [0.3, 0.4) is 0 Å². The second-order valence-electron chi connectivity index (χ2n) is 5.45. The Balaban J connectivity index is 1.98. The third kappa shape index (κ3) is 5.21. The fraction of sp³-hybridized carbons (Fsp3) is 0.222. The molecule has 0 saturated heterocycles. The van der Waals surface area contributed by atoms with E-state index in [2.05, 4.69) is 5.32 Å². The molecule has 0 aliphatic heterocycles. The molecular formula is C18H18FNO3. The summed E-state index contributed by atoms with van der Waals surface area (Å²) in [6, 6.07) is 12.0. The Morgan fingerprint density at radius 3 is 2.17 bits per heavy atom. The lowest BCUT2D eigenvalue weighted by atomic mass is 10.0. The van der Waals surface area contributed by atoms with Crippen LogP contribution in [-0.4, -0.2) is 23.0 Å². The molecule has 0 spiro atoms. The van der Waals surface area contributed by atoms with Crippen molar-refractivity contribution in [2.75, 3.05) is 0 Å². The van der Waals surface area contributed by atoms with Gasteiger partial charge in [0.05, 0.1) is 6.42 Å². The van der Waals surface area contributed by atoms with Gasteiger partial charge in [-0.25, -0.2) is 9.18 Å². The predicted molar refractivity (Wildman–Crippen MR) is 84.6 cm³/mol. The number of carbonyl (C=O) groups excluding carboxylic acids is 1. The van der Waals surface area contributed by atoms with Crippen LogP contribution >= 0.6 is 0 Å². The topological polar surface area (TPSA) is 66.4 Å². The molecule has 0 aromatic heterocycles. The summed E-state index contributed by atoms with van der Waals surface area (Å²) < 4.78 is 12.8. The van der Waals surface area contributed by atoms with Crippen molar-refractivity contribution in [2.45, 2.75) is 25.8 Å². The Labute approximate surface area is 134 Å². The van der Waals surface area contributed by atoms with E-state index in [0.717, 1.165) is 11.1 Å². The lowest BCUT2D eigenvalue weighted by molar-refractivity contribution is -0.141. The SMILES string of the molecule is Cc1ccc(C[C@H](NC(=O)Cc2ccc(F)cc2)C(=O)O)cc1. The van der Waals surface area contributed by atoms with E-state index in [9.17, 15) is 19.1 Å². The number of aliphatic carboxylic acids is 1. The van der Waals surface area contributed by atoms with Gasteiger partial charge in [-0.05, 0) is 30.2 Å². The van der Waals surface area contributed by atoms with Gasteiger partial charge in [-0.1, -0.05) is 42.0 Å². The van der Waals surface area contributed by atoms with E-state index >= 15 is 0 Å². The van der Waals surface area contributed by atoms with Crippen LogP contribution < -0.4 is 5.32 Å². The molecule has 0 unspecified atom stereocenters. The van der Waals surface area contributed by atoms with Crippen molar-refractivity contribution >= 4 is 11.9 Å². The van der Waals surface area contributed by atoms with E-state index in [1.54, 1.807) is 0 Å². The minimum Gasteiger partial charge on any atom is -0.480 e. The third-order valence-electron chi connectivity index (χ3n) is 3.47. The van der Waals surface area contributed by atoms with Gasteiger partial charge in [0.1, 0.15) is 11.9 Å². The lowest BCUT2D eigenvalue weighted by Gasteiger charge is -2.15. The molecular weight excluding hydrogens is 297 g/mol. The van der Waals surface area contributed by atoms with Crippen molar-refractivity contribution in [1.82, 2.24) is 5.32 Å². The molecule has 2 aromatic rings. The molecule has 23 heavy (non-hydrogen) atoms. The lowest BCUT2D eigenvalue weighted by Crippen LogP contribution is -2.43. The van der Waals surface area contributed by atoms with Crippen molar-refractivity contribution in [1.29, 1.82) is 0 Å². The number of halogens is 1. The second kappa shape index (κ2) is 7.54. The first kappa shape index (κ1) is 16.7. The monoisotopic (exact) mass is 315 g/mol. The van der Waals surface area contributed by atoms with Gasteiger partial charge in [0.15, 0.2) is 0 Å². The van der Waals surface area contributed by atoms with Gasteiger partial charge >= 0.3 is 5.97 Å². The van der Waals surface area contributed by atoms with Crippen molar-refractivity contribution in [2.24, 2.45) is 0 Å². The summed E-state index contributed by atoms with van der Waals surface area (Å²) in [7, 11) is 0. The number of carboxylic acid groups (broad SMARTS) is 1. The third-order valence-corrected chi connectivity index (χ3v) is 3.47.